The van der Waals surface area contributed by atoms with Crippen molar-refractivity contribution in [3.8, 4) is 11.8 Å². The number of hydrogen-bond acceptors (Lipinski definition) is 4. The van der Waals surface area contributed by atoms with Crippen molar-refractivity contribution in [3.63, 3.8) is 0 Å². The Morgan fingerprint density at radius 3 is 2.29 bits per heavy atom. The molecule has 7 heteroatoms. The Morgan fingerprint density at radius 1 is 1.12 bits per heavy atom. The standard InChI is InChI=1S/C27H39NO4SSi/c1-9-11-23-21(3)24(32-34(7,8)26(4,5)6)16-18-27(23)17-10-19-28(25(27)29)33(30,31)22-14-12-20(2)13-15-22/h12-15,23H,10,16-19H2,1-8H3/t23-,27+/m0/s1. The van der Waals surface area contributed by atoms with Crippen molar-refractivity contribution in [2.75, 3.05) is 6.54 Å². The predicted octanol–water partition coefficient (Wildman–Crippen LogP) is 6.02. The molecule has 1 aliphatic carbocycles. The molecule has 0 unspecified atom stereocenters. The van der Waals surface area contributed by atoms with Gasteiger partial charge in [-0.15, -0.1) is 5.92 Å². The lowest BCUT2D eigenvalue weighted by molar-refractivity contribution is -0.143. The first kappa shape index (κ1) is 26.6. The minimum Gasteiger partial charge on any atom is -0.547 e. The molecule has 0 saturated carbocycles. The highest BCUT2D eigenvalue weighted by molar-refractivity contribution is 7.89. The lowest BCUT2D eigenvalue weighted by atomic mass is 9.62. The number of piperidine rings is 1. The molecule has 1 aromatic carbocycles. The normalized spacial score (nSPS) is 24.2. The number of sulfonamides is 1. The van der Waals surface area contributed by atoms with Crippen molar-refractivity contribution in [1.82, 2.24) is 4.31 Å². The van der Waals surface area contributed by atoms with Crippen LogP contribution in [0.25, 0.3) is 0 Å². The molecule has 34 heavy (non-hydrogen) atoms. The maximum Gasteiger partial charge on any atom is 0.266 e. The SMILES string of the molecule is CC#C[C@H]1C(C)=C(O[Si](C)(C)C(C)(C)C)CC[C@]12CCCN(S(=O)(=O)c1ccc(C)cc1)C2=O. The van der Waals surface area contributed by atoms with E-state index in [1.807, 2.05) is 13.8 Å². The molecular formula is C27H39NO4SSi. The van der Waals surface area contributed by atoms with Gasteiger partial charge >= 0.3 is 0 Å². The minimum atomic E-state index is -3.93. The summed E-state index contributed by atoms with van der Waals surface area (Å²) in [6, 6.07) is 6.69. The zero-order chi connectivity index (χ0) is 25.5. The van der Waals surface area contributed by atoms with E-state index in [0.29, 0.717) is 25.7 Å². The van der Waals surface area contributed by atoms with Gasteiger partial charge in [-0.3, -0.25) is 4.79 Å². The predicted molar refractivity (Wildman–Crippen MR) is 139 cm³/mol. The van der Waals surface area contributed by atoms with Gasteiger partial charge < -0.3 is 4.43 Å². The van der Waals surface area contributed by atoms with E-state index in [1.165, 1.54) is 0 Å². The number of nitrogens with zero attached hydrogens (tertiary/aromatic N) is 1. The van der Waals surface area contributed by atoms with Crippen LogP contribution in [0.5, 0.6) is 0 Å². The fourth-order valence-electron chi connectivity index (χ4n) is 4.80. The largest absolute Gasteiger partial charge is 0.547 e. The van der Waals surface area contributed by atoms with Crippen LogP contribution in [0.3, 0.4) is 0 Å². The van der Waals surface area contributed by atoms with Crippen molar-refractivity contribution in [2.45, 2.75) is 90.3 Å². The molecule has 1 fully saturated rings. The number of rotatable bonds is 4. The average molecular weight is 502 g/mol. The maximum atomic E-state index is 14.0. The lowest BCUT2D eigenvalue weighted by Gasteiger charge is -2.48. The highest BCUT2D eigenvalue weighted by atomic mass is 32.2. The highest BCUT2D eigenvalue weighted by Gasteiger charge is 2.55. The molecule has 2 atom stereocenters. The van der Waals surface area contributed by atoms with E-state index in [9.17, 15) is 13.2 Å². The van der Waals surface area contributed by atoms with Crippen molar-refractivity contribution in [3.05, 3.63) is 41.2 Å². The van der Waals surface area contributed by atoms with Crippen LogP contribution in [0.1, 0.15) is 65.9 Å². The highest BCUT2D eigenvalue weighted by Crippen LogP contribution is 2.52. The van der Waals surface area contributed by atoms with Crippen LogP contribution in [0.15, 0.2) is 40.5 Å². The number of hydrogen-bond donors (Lipinski definition) is 0. The monoisotopic (exact) mass is 501 g/mol. The smallest absolute Gasteiger partial charge is 0.266 e. The van der Waals surface area contributed by atoms with E-state index in [2.05, 4.69) is 45.7 Å². The summed E-state index contributed by atoms with van der Waals surface area (Å²) in [6.45, 7) is 17.0. The summed E-state index contributed by atoms with van der Waals surface area (Å²) in [7, 11) is -5.98. The molecule has 1 spiro atoms. The van der Waals surface area contributed by atoms with E-state index >= 15 is 0 Å². The summed E-state index contributed by atoms with van der Waals surface area (Å²) in [4.78, 5) is 14.2. The Labute approximate surface area is 207 Å². The molecule has 1 amide bonds. The number of aryl methyl sites for hydroxylation is 1. The van der Waals surface area contributed by atoms with Gasteiger partial charge in [0.2, 0.25) is 14.2 Å². The zero-order valence-corrected chi connectivity index (χ0v) is 23.7. The topological polar surface area (TPSA) is 63.7 Å². The Morgan fingerprint density at radius 2 is 1.74 bits per heavy atom. The number of carbonyl (C=O) groups is 1. The molecule has 2 aliphatic rings. The molecule has 0 bridgehead atoms. The summed E-state index contributed by atoms with van der Waals surface area (Å²) in [5, 5.41) is 0.0565. The zero-order valence-electron chi connectivity index (χ0n) is 21.9. The summed E-state index contributed by atoms with van der Waals surface area (Å²) >= 11 is 0. The minimum absolute atomic E-state index is 0.0565. The molecule has 186 valence electrons. The molecule has 1 aromatic rings. The van der Waals surface area contributed by atoms with Crippen molar-refractivity contribution in [2.24, 2.45) is 11.3 Å². The Kier molecular flexibility index (Phi) is 7.19. The van der Waals surface area contributed by atoms with E-state index < -0.39 is 23.8 Å². The van der Waals surface area contributed by atoms with Crippen LogP contribution in [-0.4, -0.2) is 33.5 Å². The first-order chi connectivity index (χ1) is 15.7. The van der Waals surface area contributed by atoms with Gasteiger partial charge in [-0.25, -0.2) is 12.7 Å². The average Bonchev–Trinajstić information content (AvgIpc) is 2.74. The molecule has 0 N–H and O–H groups in total. The molecule has 1 saturated heterocycles. The van der Waals surface area contributed by atoms with Crippen LogP contribution in [0.2, 0.25) is 18.1 Å². The van der Waals surface area contributed by atoms with Crippen LogP contribution in [0.4, 0.5) is 0 Å². The lowest BCUT2D eigenvalue weighted by Crippen LogP contribution is -2.55. The Bertz CT molecular complexity index is 1150. The maximum absolute atomic E-state index is 14.0. The van der Waals surface area contributed by atoms with E-state index in [4.69, 9.17) is 4.43 Å². The number of benzene rings is 1. The third-order valence-electron chi connectivity index (χ3n) is 7.94. The third-order valence-corrected chi connectivity index (χ3v) is 14.1. The summed E-state index contributed by atoms with van der Waals surface area (Å²) < 4.78 is 34.8. The van der Waals surface area contributed by atoms with Gasteiger partial charge in [0, 0.05) is 13.0 Å². The molecule has 5 nitrogen and oxygen atoms in total. The third kappa shape index (κ3) is 4.59. The summed E-state index contributed by atoms with van der Waals surface area (Å²) in [5.74, 6) is 6.57. The van der Waals surface area contributed by atoms with Crippen LogP contribution in [0, 0.1) is 30.1 Å². The second kappa shape index (κ2) is 9.20. The van der Waals surface area contributed by atoms with Gasteiger partial charge in [0.15, 0.2) is 0 Å². The van der Waals surface area contributed by atoms with Crippen molar-refractivity contribution < 1.29 is 17.6 Å². The van der Waals surface area contributed by atoms with Crippen molar-refractivity contribution >= 4 is 24.2 Å². The van der Waals surface area contributed by atoms with Crippen LogP contribution >= 0.6 is 0 Å². The number of carbonyl (C=O) groups excluding carboxylic acids is 1. The van der Waals surface area contributed by atoms with Crippen molar-refractivity contribution in [1.29, 1.82) is 0 Å². The first-order valence-corrected chi connectivity index (χ1v) is 16.5. The second-order valence-corrected chi connectivity index (χ2v) is 17.8. The molecular weight excluding hydrogens is 462 g/mol. The van der Waals surface area contributed by atoms with Gasteiger partial charge in [-0.1, -0.05) is 44.4 Å². The summed E-state index contributed by atoms with van der Waals surface area (Å²) in [6.07, 6.45) is 2.44. The molecule has 3 rings (SSSR count). The Balaban J connectivity index is 2.02. The van der Waals surface area contributed by atoms with Gasteiger partial charge in [0.1, 0.15) is 0 Å². The Hall–Kier alpha value is -2.04. The first-order valence-electron chi connectivity index (χ1n) is 12.1. The van der Waals surface area contributed by atoms with E-state index in [-0.39, 0.29) is 28.3 Å². The molecule has 1 heterocycles. The van der Waals surface area contributed by atoms with Crippen LogP contribution < -0.4 is 0 Å². The van der Waals surface area contributed by atoms with E-state index in [1.54, 1.807) is 31.2 Å². The van der Waals surface area contributed by atoms with Gasteiger partial charge in [-0.2, -0.15) is 0 Å². The van der Waals surface area contributed by atoms with Gasteiger partial charge in [-0.05, 0) is 75.9 Å². The van der Waals surface area contributed by atoms with Crippen LogP contribution in [-0.2, 0) is 19.2 Å². The van der Waals surface area contributed by atoms with Gasteiger partial charge in [0.05, 0.1) is 22.0 Å². The number of allylic oxidation sites excluding steroid dienone is 2. The quantitative estimate of drug-likeness (QED) is 0.374. The molecule has 1 aliphatic heterocycles. The fourth-order valence-corrected chi connectivity index (χ4v) is 7.49. The molecule has 0 radical (unpaired) electrons. The molecule has 0 aromatic heterocycles. The van der Waals surface area contributed by atoms with Gasteiger partial charge in [0.25, 0.3) is 10.0 Å². The summed E-state index contributed by atoms with van der Waals surface area (Å²) in [5.41, 5.74) is 1.11. The van der Waals surface area contributed by atoms with E-state index in [0.717, 1.165) is 21.2 Å². The number of amides is 1. The second-order valence-electron chi connectivity index (χ2n) is 11.3. The fraction of sp³-hybridized carbons (Fsp3) is 0.593.